The molecule has 1 saturated carbocycles. The largest absolute Gasteiger partial charge is 0.380 e. The van der Waals surface area contributed by atoms with Crippen LogP contribution in [0.1, 0.15) is 19.8 Å². The van der Waals surface area contributed by atoms with E-state index < -0.39 is 0 Å². The molecule has 1 fully saturated rings. The van der Waals surface area contributed by atoms with Crippen molar-refractivity contribution in [3.8, 4) is 0 Å². The molecule has 1 N–H and O–H groups in total. The van der Waals surface area contributed by atoms with Crippen molar-refractivity contribution in [2.75, 3.05) is 33.4 Å². The normalized spacial score (nSPS) is 18.9. The molecule has 0 bridgehead atoms. The van der Waals surface area contributed by atoms with Crippen molar-refractivity contribution in [3.05, 3.63) is 0 Å². The fourth-order valence-corrected chi connectivity index (χ4v) is 1.07. The SMILES string of the molecule is COC(C)CNCCOCC1CC1. The fourth-order valence-electron chi connectivity index (χ4n) is 1.07. The number of hydrogen-bond acceptors (Lipinski definition) is 3. The molecule has 13 heavy (non-hydrogen) atoms. The summed E-state index contributed by atoms with van der Waals surface area (Å²) in [6, 6.07) is 0. The second kappa shape index (κ2) is 6.35. The predicted octanol–water partition coefficient (Wildman–Crippen LogP) is 1.04. The van der Waals surface area contributed by atoms with Crippen LogP contribution in [0, 0.1) is 5.92 Å². The van der Waals surface area contributed by atoms with E-state index >= 15 is 0 Å². The zero-order chi connectivity index (χ0) is 9.52. The van der Waals surface area contributed by atoms with E-state index in [1.54, 1.807) is 7.11 Å². The van der Waals surface area contributed by atoms with Gasteiger partial charge in [-0.3, -0.25) is 0 Å². The highest BCUT2D eigenvalue weighted by Crippen LogP contribution is 2.28. The Morgan fingerprint density at radius 3 is 2.85 bits per heavy atom. The van der Waals surface area contributed by atoms with Crippen molar-refractivity contribution in [3.63, 3.8) is 0 Å². The van der Waals surface area contributed by atoms with Crippen LogP contribution in [-0.2, 0) is 9.47 Å². The molecule has 78 valence electrons. The molecule has 0 radical (unpaired) electrons. The summed E-state index contributed by atoms with van der Waals surface area (Å²) in [5.41, 5.74) is 0. The van der Waals surface area contributed by atoms with Gasteiger partial charge in [-0.05, 0) is 25.7 Å². The average molecular weight is 187 g/mol. The highest BCUT2D eigenvalue weighted by molar-refractivity contribution is 4.71. The number of ether oxygens (including phenoxy) is 2. The van der Waals surface area contributed by atoms with Gasteiger partial charge in [0.2, 0.25) is 0 Å². The van der Waals surface area contributed by atoms with E-state index in [2.05, 4.69) is 12.2 Å². The number of nitrogens with one attached hydrogen (secondary N) is 1. The third kappa shape index (κ3) is 6.02. The molecule has 0 aliphatic heterocycles. The molecular formula is C10H21NO2. The lowest BCUT2D eigenvalue weighted by molar-refractivity contribution is 0.104. The zero-order valence-electron chi connectivity index (χ0n) is 8.71. The van der Waals surface area contributed by atoms with Crippen LogP contribution in [-0.4, -0.2) is 39.5 Å². The molecule has 0 aromatic carbocycles. The smallest absolute Gasteiger partial charge is 0.0667 e. The van der Waals surface area contributed by atoms with Crippen molar-refractivity contribution >= 4 is 0 Å². The van der Waals surface area contributed by atoms with E-state index in [0.717, 1.165) is 32.2 Å². The Kier molecular flexibility index (Phi) is 5.35. The maximum atomic E-state index is 5.47. The first-order valence-corrected chi connectivity index (χ1v) is 5.14. The predicted molar refractivity (Wildman–Crippen MR) is 52.9 cm³/mol. The van der Waals surface area contributed by atoms with E-state index in [1.165, 1.54) is 12.8 Å². The Hall–Kier alpha value is -0.120. The van der Waals surface area contributed by atoms with Gasteiger partial charge in [0, 0.05) is 26.8 Å². The fraction of sp³-hybridized carbons (Fsp3) is 1.00. The van der Waals surface area contributed by atoms with Gasteiger partial charge in [0.25, 0.3) is 0 Å². The molecular weight excluding hydrogens is 166 g/mol. The molecule has 0 saturated heterocycles. The lowest BCUT2D eigenvalue weighted by atomic mass is 10.4. The molecule has 0 aromatic rings. The average Bonchev–Trinajstić information content (AvgIpc) is 2.94. The van der Waals surface area contributed by atoms with Gasteiger partial charge in [-0.15, -0.1) is 0 Å². The van der Waals surface area contributed by atoms with Gasteiger partial charge in [0.05, 0.1) is 12.7 Å². The first-order valence-electron chi connectivity index (χ1n) is 5.14. The Morgan fingerprint density at radius 1 is 1.46 bits per heavy atom. The van der Waals surface area contributed by atoms with Crippen LogP contribution >= 0.6 is 0 Å². The summed E-state index contributed by atoms with van der Waals surface area (Å²) in [5.74, 6) is 0.873. The Bertz CT molecular complexity index is 126. The summed E-state index contributed by atoms with van der Waals surface area (Å²) >= 11 is 0. The minimum Gasteiger partial charge on any atom is -0.380 e. The monoisotopic (exact) mass is 187 g/mol. The summed E-state index contributed by atoms with van der Waals surface area (Å²) in [6.45, 7) is 5.68. The molecule has 3 nitrogen and oxygen atoms in total. The van der Waals surface area contributed by atoms with Crippen molar-refractivity contribution in [2.45, 2.75) is 25.9 Å². The summed E-state index contributed by atoms with van der Waals surface area (Å²) in [4.78, 5) is 0. The third-order valence-corrected chi connectivity index (χ3v) is 2.31. The first-order chi connectivity index (χ1) is 6.33. The molecule has 1 unspecified atom stereocenters. The quantitative estimate of drug-likeness (QED) is 0.576. The Balaban J connectivity index is 1.72. The van der Waals surface area contributed by atoms with Crippen molar-refractivity contribution < 1.29 is 9.47 Å². The minimum absolute atomic E-state index is 0.295. The minimum atomic E-state index is 0.295. The van der Waals surface area contributed by atoms with Gasteiger partial charge in [-0.25, -0.2) is 0 Å². The molecule has 3 heteroatoms. The van der Waals surface area contributed by atoms with Crippen LogP contribution in [0.4, 0.5) is 0 Å². The van der Waals surface area contributed by atoms with E-state index in [9.17, 15) is 0 Å². The number of hydrogen-bond donors (Lipinski definition) is 1. The van der Waals surface area contributed by atoms with E-state index in [1.807, 2.05) is 0 Å². The molecule has 1 atom stereocenters. The van der Waals surface area contributed by atoms with Crippen LogP contribution in [0.5, 0.6) is 0 Å². The highest BCUT2D eigenvalue weighted by Gasteiger charge is 2.20. The number of rotatable bonds is 8. The van der Waals surface area contributed by atoms with Crippen molar-refractivity contribution in [1.29, 1.82) is 0 Å². The molecule has 1 aliphatic rings. The van der Waals surface area contributed by atoms with Crippen LogP contribution in [0.15, 0.2) is 0 Å². The van der Waals surface area contributed by atoms with Crippen LogP contribution in [0.2, 0.25) is 0 Å². The molecule has 1 rings (SSSR count). The first kappa shape index (κ1) is 11.0. The van der Waals surface area contributed by atoms with Gasteiger partial charge in [-0.2, -0.15) is 0 Å². The maximum Gasteiger partial charge on any atom is 0.0667 e. The molecule has 1 aliphatic carbocycles. The highest BCUT2D eigenvalue weighted by atomic mass is 16.5. The molecule has 0 spiro atoms. The topological polar surface area (TPSA) is 30.5 Å². The van der Waals surface area contributed by atoms with Gasteiger partial charge in [-0.1, -0.05) is 0 Å². The van der Waals surface area contributed by atoms with Gasteiger partial charge >= 0.3 is 0 Å². The van der Waals surface area contributed by atoms with E-state index in [-0.39, 0.29) is 0 Å². The van der Waals surface area contributed by atoms with E-state index in [4.69, 9.17) is 9.47 Å². The lowest BCUT2D eigenvalue weighted by Gasteiger charge is -2.10. The van der Waals surface area contributed by atoms with Crippen molar-refractivity contribution in [1.82, 2.24) is 5.32 Å². The second-order valence-electron chi connectivity index (χ2n) is 3.77. The van der Waals surface area contributed by atoms with Crippen LogP contribution < -0.4 is 5.32 Å². The summed E-state index contributed by atoms with van der Waals surface area (Å²) in [7, 11) is 1.73. The van der Waals surface area contributed by atoms with Gasteiger partial charge in [0.15, 0.2) is 0 Å². The molecule has 0 amide bonds. The standard InChI is InChI=1S/C10H21NO2/c1-9(12-2)7-11-5-6-13-8-10-3-4-10/h9-11H,3-8H2,1-2H3. The summed E-state index contributed by atoms with van der Waals surface area (Å²) < 4.78 is 10.6. The maximum absolute atomic E-state index is 5.47. The Labute approximate surface area is 80.8 Å². The third-order valence-electron chi connectivity index (χ3n) is 2.31. The summed E-state index contributed by atoms with van der Waals surface area (Å²) in [6.07, 6.45) is 3.03. The van der Waals surface area contributed by atoms with Crippen molar-refractivity contribution in [2.24, 2.45) is 5.92 Å². The molecule has 0 heterocycles. The summed E-state index contributed by atoms with van der Waals surface area (Å²) in [5, 5.41) is 3.28. The number of methoxy groups -OCH3 is 1. The zero-order valence-corrected chi connectivity index (χ0v) is 8.71. The lowest BCUT2D eigenvalue weighted by Crippen LogP contribution is -2.29. The van der Waals surface area contributed by atoms with Crippen LogP contribution in [0.25, 0.3) is 0 Å². The van der Waals surface area contributed by atoms with E-state index in [0.29, 0.717) is 6.10 Å². The van der Waals surface area contributed by atoms with Crippen LogP contribution in [0.3, 0.4) is 0 Å². The molecule has 0 aromatic heterocycles. The Morgan fingerprint density at radius 2 is 2.23 bits per heavy atom. The van der Waals surface area contributed by atoms with Gasteiger partial charge < -0.3 is 14.8 Å². The second-order valence-corrected chi connectivity index (χ2v) is 3.77. The van der Waals surface area contributed by atoms with Gasteiger partial charge in [0.1, 0.15) is 0 Å².